The van der Waals surface area contributed by atoms with Gasteiger partial charge < -0.3 is 14.2 Å². The van der Waals surface area contributed by atoms with E-state index in [1.165, 1.54) is 148 Å². The van der Waals surface area contributed by atoms with E-state index in [-0.39, 0.29) is 37.5 Å². The van der Waals surface area contributed by atoms with Crippen LogP contribution in [-0.4, -0.2) is 37.2 Å². The van der Waals surface area contributed by atoms with Crippen LogP contribution in [0.1, 0.15) is 271 Å². The molecule has 0 aromatic rings. The van der Waals surface area contributed by atoms with E-state index in [1.54, 1.807) is 0 Å². The lowest BCUT2D eigenvalue weighted by Crippen LogP contribution is -2.30. The third kappa shape index (κ3) is 50.1. The summed E-state index contributed by atoms with van der Waals surface area (Å²) in [5.74, 6) is -0.966. The fourth-order valence-corrected chi connectivity index (χ4v) is 7.55. The summed E-state index contributed by atoms with van der Waals surface area (Å²) in [6, 6.07) is 0. The molecule has 1 atom stereocenters. The van der Waals surface area contributed by atoms with Gasteiger partial charge in [-0.15, -0.1) is 0 Å². The highest BCUT2D eigenvalue weighted by Crippen LogP contribution is 2.14. The molecule has 6 nitrogen and oxygen atoms in total. The minimum absolute atomic E-state index is 0.101. The number of ether oxygens (including phenoxy) is 3. The van der Waals surface area contributed by atoms with Gasteiger partial charge in [-0.05, 0) is 96.3 Å². The highest BCUT2D eigenvalue weighted by atomic mass is 16.6. The third-order valence-corrected chi connectivity index (χ3v) is 11.7. The minimum atomic E-state index is -0.806. The number of allylic oxidation sites excluding steroid dienone is 10. The smallest absolute Gasteiger partial charge is 0.306 e. The van der Waals surface area contributed by atoms with E-state index < -0.39 is 6.10 Å². The van der Waals surface area contributed by atoms with Crippen LogP contribution in [-0.2, 0) is 28.6 Å². The van der Waals surface area contributed by atoms with Gasteiger partial charge in [0.25, 0.3) is 0 Å². The molecule has 0 saturated carbocycles. The molecule has 0 radical (unpaired) electrons. The average molecular weight is 895 g/mol. The summed E-state index contributed by atoms with van der Waals surface area (Å²) in [6.07, 6.45) is 65.0. The summed E-state index contributed by atoms with van der Waals surface area (Å²) in [5, 5.41) is 0. The second-order valence-corrected chi connectivity index (χ2v) is 18.1. The first-order valence-electron chi connectivity index (χ1n) is 27.3. The van der Waals surface area contributed by atoms with E-state index in [0.29, 0.717) is 19.3 Å². The van der Waals surface area contributed by atoms with Crippen molar-refractivity contribution in [1.29, 1.82) is 0 Å². The van der Waals surface area contributed by atoms with Gasteiger partial charge in [-0.2, -0.15) is 0 Å². The molecule has 0 rings (SSSR count). The molecule has 0 bridgehead atoms. The van der Waals surface area contributed by atoms with Gasteiger partial charge in [0.05, 0.1) is 0 Å². The molecule has 0 aliphatic rings. The molecule has 64 heavy (non-hydrogen) atoms. The Labute approximate surface area is 396 Å². The number of carbonyl (C=O) groups is 3. The zero-order chi connectivity index (χ0) is 46.5. The molecule has 6 heteroatoms. The van der Waals surface area contributed by atoms with Crippen LogP contribution in [0.3, 0.4) is 0 Å². The van der Waals surface area contributed by atoms with Gasteiger partial charge in [-0.25, -0.2) is 0 Å². The second-order valence-electron chi connectivity index (χ2n) is 18.1. The fraction of sp³-hybridized carbons (Fsp3) is 0.776. The van der Waals surface area contributed by atoms with Crippen molar-refractivity contribution in [2.24, 2.45) is 0 Å². The van der Waals surface area contributed by atoms with E-state index in [1.807, 2.05) is 0 Å². The third-order valence-electron chi connectivity index (χ3n) is 11.7. The predicted octanol–water partition coefficient (Wildman–Crippen LogP) is 18.0. The number of hydrogen-bond donors (Lipinski definition) is 0. The molecule has 370 valence electrons. The standard InChI is InChI=1S/C58H102O6/c1-4-7-10-13-16-19-22-24-26-28-30-31-33-36-39-42-45-48-51-57(60)63-54-55(53-62-56(59)50-47-44-41-38-35-21-18-15-12-9-6-3)64-58(61)52-49-46-43-40-37-34-32-29-27-25-23-20-17-14-11-8-5-2/h15,18,25,27,30-32,34,40,43,55H,4-14,16-17,19-24,26,28-29,33,35-39,41-42,44-54H2,1-3H3/b18-15-,27-25-,31-30-,34-32-,43-40-. The zero-order valence-electron chi connectivity index (χ0n) is 42.3. The summed E-state index contributed by atoms with van der Waals surface area (Å²) in [4.78, 5) is 38.0. The number of rotatable bonds is 49. The summed E-state index contributed by atoms with van der Waals surface area (Å²) in [5.41, 5.74) is 0. The Morgan fingerprint density at radius 1 is 0.312 bits per heavy atom. The maximum Gasteiger partial charge on any atom is 0.306 e. The van der Waals surface area contributed by atoms with Crippen molar-refractivity contribution in [3.63, 3.8) is 0 Å². The number of unbranched alkanes of at least 4 members (excludes halogenated alkanes) is 28. The Kier molecular flexibility index (Phi) is 50.4. The minimum Gasteiger partial charge on any atom is -0.462 e. The Balaban J connectivity index is 4.43. The normalized spacial score (nSPS) is 12.5. The molecule has 0 heterocycles. The molecular formula is C58H102O6. The van der Waals surface area contributed by atoms with Crippen LogP contribution in [0.2, 0.25) is 0 Å². The first-order valence-corrected chi connectivity index (χ1v) is 27.3. The van der Waals surface area contributed by atoms with Gasteiger partial charge in [0.15, 0.2) is 6.10 Å². The molecule has 0 amide bonds. The van der Waals surface area contributed by atoms with Crippen LogP contribution >= 0.6 is 0 Å². The van der Waals surface area contributed by atoms with Crippen molar-refractivity contribution >= 4 is 17.9 Å². The molecule has 0 aromatic carbocycles. The van der Waals surface area contributed by atoms with Gasteiger partial charge in [-0.3, -0.25) is 14.4 Å². The Morgan fingerprint density at radius 3 is 0.984 bits per heavy atom. The van der Waals surface area contributed by atoms with Crippen molar-refractivity contribution < 1.29 is 28.6 Å². The summed E-state index contributed by atoms with van der Waals surface area (Å²) in [7, 11) is 0. The van der Waals surface area contributed by atoms with Gasteiger partial charge in [-0.1, -0.05) is 216 Å². The Morgan fingerprint density at radius 2 is 0.594 bits per heavy atom. The van der Waals surface area contributed by atoms with Crippen LogP contribution in [0.15, 0.2) is 60.8 Å². The van der Waals surface area contributed by atoms with Gasteiger partial charge in [0, 0.05) is 19.3 Å². The fourth-order valence-electron chi connectivity index (χ4n) is 7.55. The lowest BCUT2D eigenvalue weighted by Gasteiger charge is -2.18. The largest absolute Gasteiger partial charge is 0.462 e. The van der Waals surface area contributed by atoms with Gasteiger partial charge in [0.1, 0.15) is 13.2 Å². The average Bonchev–Trinajstić information content (AvgIpc) is 3.29. The quantitative estimate of drug-likeness (QED) is 0.0262. The van der Waals surface area contributed by atoms with Crippen molar-refractivity contribution in [2.75, 3.05) is 13.2 Å². The molecule has 0 fully saturated rings. The highest BCUT2D eigenvalue weighted by molar-refractivity contribution is 5.71. The van der Waals surface area contributed by atoms with Crippen molar-refractivity contribution in [3.8, 4) is 0 Å². The zero-order valence-corrected chi connectivity index (χ0v) is 42.3. The summed E-state index contributed by atoms with van der Waals surface area (Å²) in [6.45, 7) is 6.55. The monoisotopic (exact) mass is 895 g/mol. The lowest BCUT2D eigenvalue weighted by atomic mass is 10.1. The van der Waals surface area contributed by atoms with E-state index in [9.17, 15) is 14.4 Å². The second kappa shape index (κ2) is 52.7. The molecule has 0 spiro atoms. The van der Waals surface area contributed by atoms with Gasteiger partial charge >= 0.3 is 17.9 Å². The van der Waals surface area contributed by atoms with E-state index in [0.717, 1.165) is 77.0 Å². The van der Waals surface area contributed by atoms with Crippen LogP contribution in [0.5, 0.6) is 0 Å². The first kappa shape index (κ1) is 61.1. The van der Waals surface area contributed by atoms with Crippen LogP contribution < -0.4 is 0 Å². The molecule has 0 aromatic heterocycles. The predicted molar refractivity (Wildman–Crippen MR) is 275 cm³/mol. The SMILES string of the molecule is CCCC/C=C\CCCCCCCC(=O)OCC(COC(=O)CCCCCCC/C=C\CCCCCCCCCCC)OC(=O)CCC/C=C\C/C=C\C/C=C\CCCCCCCC. The van der Waals surface area contributed by atoms with Crippen molar-refractivity contribution in [1.82, 2.24) is 0 Å². The maximum atomic E-state index is 12.8. The molecule has 0 N–H and O–H groups in total. The first-order chi connectivity index (χ1) is 31.5. The molecule has 0 aliphatic heterocycles. The number of hydrogen-bond acceptors (Lipinski definition) is 6. The van der Waals surface area contributed by atoms with E-state index in [4.69, 9.17) is 14.2 Å². The molecule has 0 aliphatic carbocycles. The molecule has 0 saturated heterocycles. The van der Waals surface area contributed by atoms with Crippen LogP contribution in [0.4, 0.5) is 0 Å². The van der Waals surface area contributed by atoms with Crippen LogP contribution in [0.25, 0.3) is 0 Å². The maximum absolute atomic E-state index is 12.8. The summed E-state index contributed by atoms with van der Waals surface area (Å²) < 4.78 is 16.8. The van der Waals surface area contributed by atoms with E-state index in [2.05, 4.69) is 81.5 Å². The molecule has 1 unspecified atom stereocenters. The number of esters is 3. The lowest BCUT2D eigenvalue weighted by molar-refractivity contribution is -0.167. The van der Waals surface area contributed by atoms with Gasteiger partial charge in [0.2, 0.25) is 0 Å². The van der Waals surface area contributed by atoms with Crippen LogP contribution in [0, 0.1) is 0 Å². The highest BCUT2D eigenvalue weighted by Gasteiger charge is 2.19. The van der Waals surface area contributed by atoms with Crippen molar-refractivity contribution in [2.45, 2.75) is 277 Å². The Bertz CT molecular complexity index is 1170. The van der Waals surface area contributed by atoms with E-state index >= 15 is 0 Å². The number of carbonyl (C=O) groups excluding carboxylic acids is 3. The molecular weight excluding hydrogens is 793 g/mol. The Hall–Kier alpha value is -2.89. The summed E-state index contributed by atoms with van der Waals surface area (Å²) >= 11 is 0. The van der Waals surface area contributed by atoms with Crippen molar-refractivity contribution in [3.05, 3.63) is 60.8 Å². The topological polar surface area (TPSA) is 78.9 Å².